The van der Waals surface area contributed by atoms with Crippen LogP contribution in [0.3, 0.4) is 0 Å². The van der Waals surface area contributed by atoms with Gasteiger partial charge in [0, 0.05) is 10.8 Å². The minimum absolute atomic E-state index is 0.122. The summed E-state index contributed by atoms with van der Waals surface area (Å²) in [5.41, 5.74) is 0.467. The van der Waals surface area contributed by atoms with Crippen LogP contribution in [0.25, 0.3) is 0 Å². The molecule has 18 heavy (non-hydrogen) atoms. The molecule has 3 heteroatoms. The molecule has 0 aromatic heterocycles. The molecule has 2 nitrogen and oxygen atoms in total. The number of hydrogen-bond donors (Lipinski definition) is 1. The maximum absolute atomic E-state index is 4.65. The van der Waals surface area contributed by atoms with E-state index in [4.69, 9.17) is 0 Å². The highest BCUT2D eigenvalue weighted by Gasteiger charge is 2.29. The molecule has 0 saturated heterocycles. The van der Waals surface area contributed by atoms with Crippen molar-refractivity contribution in [2.24, 2.45) is 16.3 Å². The third-order valence-corrected chi connectivity index (χ3v) is 4.00. The lowest BCUT2D eigenvalue weighted by atomic mass is 9.82. The second kappa shape index (κ2) is 5.85. The molecule has 1 aliphatic rings. The lowest BCUT2D eigenvalue weighted by molar-refractivity contribution is 0.268. The van der Waals surface area contributed by atoms with Crippen LogP contribution in [0.1, 0.15) is 61.3 Å². The van der Waals surface area contributed by atoms with Gasteiger partial charge in [0.2, 0.25) is 0 Å². The normalized spacial score (nSPS) is 21.3. The van der Waals surface area contributed by atoms with Gasteiger partial charge in [-0.3, -0.25) is 4.99 Å². The van der Waals surface area contributed by atoms with E-state index in [0.717, 1.165) is 24.1 Å². The molecule has 1 atom stereocenters. The van der Waals surface area contributed by atoms with Crippen LogP contribution in [0, 0.1) is 11.3 Å². The van der Waals surface area contributed by atoms with Gasteiger partial charge in [0.1, 0.15) is 0 Å². The Morgan fingerprint density at radius 3 is 2.39 bits per heavy atom. The predicted octanol–water partition coefficient (Wildman–Crippen LogP) is 4.31. The number of rotatable bonds is 4. The number of nitrogens with one attached hydrogen (secondary N) is 1. The van der Waals surface area contributed by atoms with Crippen LogP contribution in [0.5, 0.6) is 0 Å². The van der Waals surface area contributed by atoms with Crippen molar-refractivity contribution in [3.63, 3.8) is 0 Å². The van der Waals surface area contributed by atoms with Gasteiger partial charge in [-0.15, -0.1) is 0 Å². The second-order valence-electron chi connectivity index (χ2n) is 7.76. The summed E-state index contributed by atoms with van der Waals surface area (Å²) in [6.45, 7) is 17.0. The molecule has 0 saturated carbocycles. The first kappa shape index (κ1) is 15.9. The highest BCUT2D eigenvalue weighted by molar-refractivity contribution is 8.14. The van der Waals surface area contributed by atoms with Crippen molar-refractivity contribution in [2.75, 3.05) is 6.54 Å². The van der Waals surface area contributed by atoms with Crippen molar-refractivity contribution in [1.82, 2.24) is 5.32 Å². The van der Waals surface area contributed by atoms with E-state index in [1.807, 2.05) is 11.8 Å². The Bertz CT molecular complexity index is 300. The second-order valence-corrected chi connectivity index (χ2v) is 9.05. The zero-order valence-corrected chi connectivity index (χ0v) is 13.9. The summed E-state index contributed by atoms with van der Waals surface area (Å²) >= 11 is 1.93. The SMILES string of the molecule is CC(C)CC1CN=C(NC(C)(C)CC(C)(C)C)S1. The lowest BCUT2D eigenvalue weighted by Gasteiger charge is -2.34. The van der Waals surface area contributed by atoms with Crippen molar-refractivity contribution in [3.05, 3.63) is 0 Å². The first-order chi connectivity index (χ1) is 8.07. The molecule has 0 aromatic carbocycles. The Morgan fingerprint density at radius 2 is 1.89 bits per heavy atom. The van der Waals surface area contributed by atoms with Crippen LogP contribution in [0.15, 0.2) is 4.99 Å². The lowest BCUT2D eigenvalue weighted by Crippen LogP contribution is -2.44. The Hall–Kier alpha value is -0.180. The molecular formula is C15H30N2S. The molecule has 106 valence electrons. The molecule has 1 aliphatic heterocycles. The van der Waals surface area contributed by atoms with Crippen molar-refractivity contribution in [1.29, 1.82) is 0 Å². The van der Waals surface area contributed by atoms with E-state index in [1.54, 1.807) is 0 Å². The molecule has 0 bridgehead atoms. The smallest absolute Gasteiger partial charge is 0.157 e. The summed E-state index contributed by atoms with van der Waals surface area (Å²) in [4.78, 5) is 4.65. The van der Waals surface area contributed by atoms with Gasteiger partial charge < -0.3 is 5.32 Å². The molecule has 0 aromatic rings. The molecule has 0 spiro atoms. The van der Waals surface area contributed by atoms with Crippen LogP contribution >= 0.6 is 11.8 Å². The maximum atomic E-state index is 4.65. The molecule has 0 amide bonds. The zero-order chi connectivity index (χ0) is 14.0. The van der Waals surface area contributed by atoms with Crippen molar-refractivity contribution in [3.8, 4) is 0 Å². The minimum Gasteiger partial charge on any atom is -0.360 e. The van der Waals surface area contributed by atoms with Crippen molar-refractivity contribution < 1.29 is 0 Å². The van der Waals surface area contributed by atoms with E-state index in [1.165, 1.54) is 6.42 Å². The standard InChI is InChI=1S/C15H30N2S/c1-11(2)8-12-9-16-13(18-12)17-15(6,7)10-14(3,4)5/h11-12H,8-10H2,1-7H3,(H,16,17). The summed E-state index contributed by atoms with van der Waals surface area (Å²) in [6, 6.07) is 0. The summed E-state index contributed by atoms with van der Waals surface area (Å²) in [7, 11) is 0. The molecule has 0 fully saturated rings. The van der Waals surface area contributed by atoms with Gasteiger partial charge in [-0.25, -0.2) is 0 Å². The van der Waals surface area contributed by atoms with Gasteiger partial charge in [-0.1, -0.05) is 46.4 Å². The zero-order valence-electron chi connectivity index (χ0n) is 13.1. The van der Waals surface area contributed by atoms with Gasteiger partial charge in [-0.2, -0.15) is 0 Å². The average Bonchev–Trinajstić information content (AvgIpc) is 2.44. The molecule has 1 heterocycles. The fraction of sp³-hybridized carbons (Fsp3) is 0.933. The Kier molecular flexibility index (Phi) is 5.16. The van der Waals surface area contributed by atoms with E-state index < -0.39 is 0 Å². The monoisotopic (exact) mass is 270 g/mol. The topological polar surface area (TPSA) is 24.4 Å². The highest BCUT2D eigenvalue weighted by Crippen LogP contribution is 2.30. The molecule has 1 rings (SSSR count). The van der Waals surface area contributed by atoms with Crippen molar-refractivity contribution >= 4 is 16.9 Å². The molecule has 0 radical (unpaired) electrons. The fourth-order valence-corrected chi connectivity index (χ4v) is 4.22. The molecular weight excluding hydrogens is 240 g/mol. The van der Waals surface area contributed by atoms with E-state index in [0.29, 0.717) is 10.7 Å². The van der Waals surface area contributed by atoms with Crippen LogP contribution in [0.4, 0.5) is 0 Å². The predicted molar refractivity (Wildman–Crippen MR) is 84.4 cm³/mol. The fourth-order valence-electron chi connectivity index (χ4n) is 2.79. The third kappa shape index (κ3) is 6.12. The summed E-state index contributed by atoms with van der Waals surface area (Å²) in [6.07, 6.45) is 2.41. The Morgan fingerprint density at radius 1 is 1.28 bits per heavy atom. The quantitative estimate of drug-likeness (QED) is 0.823. The van der Waals surface area contributed by atoms with Gasteiger partial charge in [-0.05, 0) is 38.0 Å². The first-order valence-corrected chi connectivity index (χ1v) is 7.95. The van der Waals surface area contributed by atoms with Crippen LogP contribution in [-0.4, -0.2) is 22.5 Å². The van der Waals surface area contributed by atoms with E-state index in [9.17, 15) is 0 Å². The van der Waals surface area contributed by atoms with Crippen LogP contribution in [-0.2, 0) is 0 Å². The number of aliphatic imine (C=N–C) groups is 1. The van der Waals surface area contributed by atoms with Gasteiger partial charge >= 0.3 is 0 Å². The summed E-state index contributed by atoms with van der Waals surface area (Å²) < 4.78 is 0. The summed E-state index contributed by atoms with van der Waals surface area (Å²) in [5.74, 6) is 0.764. The average molecular weight is 270 g/mol. The highest BCUT2D eigenvalue weighted by atomic mass is 32.2. The van der Waals surface area contributed by atoms with Gasteiger partial charge in [0.15, 0.2) is 5.17 Å². The Labute approximate surface area is 117 Å². The van der Waals surface area contributed by atoms with E-state index in [-0.39, 0.29) is 5.54 Å². The van der Waals surface area contributed by atoms with Crippen LogP contribution < -0.4 is 5.32 Å². The molecule has 1 N–H and O–H groups in total. The third-order valence-electron chi connectivity index (χ3n) is 2.87. The molecule has 1 unspecified atom stereocenters. The number of thioether (sulfide) groups is 1. The van der Waals surface area contributed by atoms with Crippen molar-refractivity contribution in [2.45, 2.75) is 72.1 Å². The number of nitrogens with zero attached hydrogens (tertiary/aromatic N) is 1. The van der Waals surface area contributed by atoms with Crippen LogP contribution in [0.2, 0.25) is 0 Å². The summed E-state index contributed by atoms with van der Waals surface area (Å²) in [5, 5.41) is 5.45. The Balaban J connectivity index is 2.44. The first-order valence-electron chi connectivity index (χ1n) is 7.07. The van der Waals surface area contributed by atoms with Gasteiger partial charge in [0.05, 0.1) is 6.54 Å². The van der Waals surface area contributed by atoms with E-state index >= 15 is 0 Å². The van der Waals surface area contributed by atoms with Gasteiger partial charge in [0.25, 0.3) is 0 Å². The largest absolute Gasteiger partial charge is 0.360 e. The number of hydrogen-bond acceptors (Lipinski definition) is 3. The van der Waals surface area contributed by atoms with E-state index in [2.05, 4.69) is 58.8 Å². The molecule has 0 aliphatic carbocycles. The number of amidine groups is 1. The maximum Gasteiger partial charge on any atom is 0.157 e. The minimum atomic E-state index is 0.122.